The van der Waals surface area contributed by atoms with Gasteiger partial charge in [0.1, 0.15) is 11.3 Å². The van der Waals surface area contributed by atoms with Gasteiger partial charge < -0.3 is 10.1 Å². The predicted molar refractivity (Wildman–Crippen MR) is 108 cm³/mol. The molecule has 0 fully saturated rings. The highest BCUT2D eigenvalue weighted by atomic mass is 16.7. The molecule has 7 nitrogen and oxygen atoms in total. The SMILES string of the molecule is CON(C(=O)OC(C)(C)C)[C@@H]1Cc2ccccc2C[C@H]1NC(=O)c1ccccn1. The van der Waals surface area contributed by atoms with E-state index in [1.54, 1.807) is 45.2 Å². The second kappa shape index (κ2) is 8.61. The van der Waals surface area contributed by atoms with Crippen molar-refractivity contribution < 1.29 is 19.2 Å². The maximum Gasteiger partial charge on any atom is 0.434 e. The summed E-state index contributed by atoms with van der Waals surface area (Å²) in [5.74, 6) is -0.291. The summed E-state index contributed by atoms with van der Waals surface area (Å²) in [4.78, 5) is 35.0. The van der Waals surface area contributed by atoms with Crippen LogP contribution in [0.4, 0.5) is 4.79 Å². The van der Waals surface area contributed by atoms with Gasteiger partial charge in [-0.15, -0.1) is 0 Å². The summed E-state index contributed by atoms with van der Waals surface area (Å²) in [6, 6.07) is 12.4. The smallest absolute Gasteiger partial charge is 0.434 e. The molecule has 1 N–H and O–H groups in total. The van der Waals surface area contributed by atoms with Crippen molar-refractivity contribution in [1.29, 1.82) is 0 Å². The maximum atomic E-state index is 12.8. The molecule has 3 rings (SSSR count). The van der Waals surface area contributed by atoms with E-state index < -0.39 is 17.7 Å². The molecular formula is C22H27N3O4. The number of hydroxylamine groups is 2. The number of fused-ring (bicyclic) bond motifs is 1. The number of carbonyl (C=O) groups excluding carboxylic acids is 2. The molecule has 1 aromatic carbocycles. The van der Waals surface area contributed by atoms with Crippen LogP contribution in [0.15, 0.2) is 48.7 Å². The molecule has 1 aliphatic rings. The first-order valence-electron chi connectivity index (χ1n) is 9.63. The molecule has 2 aromatic rings. The second-order valence-corrected chi connectivity index (χ2v) is 8.03. The summed E-state index contributed by atoms with van der Waals surface area (Å²) in [6.45, 7) is 5.40. The van der Waals surface area contributed by atoms with Crippen LogP contribution in [0.3, 0.4) is 0 Å². The number of hydrogen-bond acceptors (Lipinski definition) is 5. The highest BCUT2D eigenvalue weighted by Gasteiger charge is 2.38. The van der Waals surface area contributed by atoms with Crippen LogP contribution >= 0.6 is 0 Å². The fraction of sp³-hybridized carbons (Fsp3) is 0.409. The fourth-order valence-electron chi connectivity index (χ4n) is 3.48. The zero-order chi connectivity index (χ0) is 21.0. The molecule has 0 aliphatic heterocycles. The molecule has 154 valence electrons. The van der Waals surface area contributed by atoms with Crippen molar-refractivity contribution in [2.45, 2.75) is 51.3 Å². The Balaban J connectivity index is 1.88. The largest absolute Gasteiger partial charge is 0.442 e. The lowest BCUT2D eigenvalue weighted by atomic mass is 9.84. The Morgan fingerprint density at radius 1 is 1.07 bits per heavy atom. The average molecular weight is 397 g/mol. The summed E-state index contributed by atoms with van der Waals surface area (Å²) >= 11 is 0. The quantitative estimate of drug-likeness (QED) is 0.802. The second-order valence-electron chi connectivity index (χ2n) is 8.03. The van der Waals surface area contributed by atoms with E-state index in [9.17, 15) is 9.59 Å². The van der Waals surface area contributed by atoms with E-state index >= 15 is 0 Å². The van der Waals surface area contributed by atoms with Crippen LogP contribution in [0.25, 0.3) is 0 Å². The zero-order valence-corrected chi connectivity index (χ0v) is 17.2. The molecule has 0 unspecified atom stereocenters. The predicted octanol–water partition coefficient (Wildman–Crippen LogP) is 3.15. The standard InChI is InChI=1S/C22H27N3O4/c1-22(2,3)29-21(27)25(28-4)19-14-16-10-6-5-9-15(16)13-18(19)24-20(26)17-11-7-8-12-23-17/h5-12,18-19H,13-14H2,1-4H3,(H,24,26)/t18-,19-/m1/s1. The highest BCUT2D eigenvalue weighted by molar-refractivity contribution is 5.92. The van der Waals surface area contributed by atoms with E-state index in [0.29, 0.717) is 18.5 Å². The third-order valence-electron chi connectivity index (χ3n) is 4.74. The van der Waals surface area contributed by atoms with E-state index in [4.69, 9.17) is 9.57 Å². The van der Waals surface area contributed by atoms with Crippen molar-refractivity contribution in [3.05, 3.63) is 65.5 Å². The van der Waals surface area contributed by atoms with Crippen molar-refractivity contribution in [3.8, 4) is 0 Å². The van der Waals surface area contributed by atoms with Crippen molar-refractivity contribution in [3.63, 3.8) is 0 Å². The monoisotopic (exact) mass is 397 g/mol. The van der Waals surface area contributed by atoms with Gasteiger partial charge in [-0.2, -0.15) is 5.06 Å². The first kappa shape index (κ1) is 20.8. The van der Waals surface area contributed by atoms with Crippen LogP contribution in [0.2, 0.25) is 0 Å². The Morgan fingerprint density at radius 3 is 2.31 bits per heavy atom. The Hall–Kier alpha value is -2.93. The lowest BCUT2D eigenvalue weighted by molar-refractivity contribution is -0.154. The summed E-state index contributed by atoms with van der Waals surface area (Å²) in [7, 11) is 1.43. The third-order valence-corrected chi connectivity index (χ3v) is 4.74. The van der Waals surface area contributed by atoms with Gasteiger partial charge in [-0.25, -0.2) is 4.79 Å². The van der Waals surface area contributed by atoms with Gasteiger partial charge in [0.25, 0.3) is 5.91 Å². The van der Waals surface area contributed by atoms with Crippen LogP contribution in [0.1, 0.15) is 42.4 Å². The minimum Gasteiger partial charge on any atom is -0.442 e. The molecule has 29 heavy (non-hydrogen) atoms. The number of benzene rings is 1. The number of amides is 2. The Bertz CT molecular complexity index is 864. The summed E-state index contributed by atoms with van der Waals surface area (Å²) in [5.41, 5.74) is 1.92. The molecule has 2 atom stereocenters. The maximum absolute atomic E-state index is 12.8. The molecule has 0 saturated carbocycles. The van der Waals surface area contributed by atoms with Crippen molar-refractivity contribution in [2.75, 3.05) is 7.11 Å². The van der Waals surface area contributed by atoms with Crippen LogP contribution in [-0.4, -0.2) is 46.8 Å². The topological polar surface area (TPSA) is 80.8 Å². The lowest BCUT2D eigenvalue weighted by Crippen LogP contribution is -2.57. The number of hydrogen-bond donors (Lipinski definition) is 1. The summed E-state index contributed by atoms with van der Waals surface area (Å²) in [6.07, 6.45) is 2.10. The summed E-state index contributed by atoms with van der Waals surface area (Å²) in [5, 5.41) is 4.25. The Morgan fingerprint density at radius 2 is 1.72 bits per heavy atom. The minimum atomic E-state index is -0.660. The van der Waals surface area contributed by atoms with Gasteiger partial charge in [-0.1, -0.05) is 30.3 Å². The third kappa shape index (κ3) is 5.12. The molecular weight excluding hydrogens is 370 g/mol. The molecule has 1 aromatic heterocycles. The number of carbonyl (C=O) groups is 2. The molecule has 2 amide bonds. The van der Waals surface area contributed by atoms with Crippen LogP contribution in [0.5, 0.6) is 0 Å². The molecule has 0 spiro atoms. The van der Waals surface area contributed by atoms with E-state index in [2.05, 4.69) is 10.3 Å². The number of nitrogens with zero attached hydrogens (tertiary/aromatic N) is 2. The molecule has 0 radical (unpaired) electrons. The molecule has 7 heteroatoms. The first-order chi connectivity index (χ1) is 13.8. The van der Waals surface area contributed by atoms with Gasteiger partial charge in [0, 0.05) is 6.20 Å². The molecule has 0 saturated heterocycles. The fourth-order valence-corrected chi connectivity index (χ4v) is 3.48. The van der Waals surface area contributed by atoms with Gasteiger partial charge in [-0.05, 0) is 56.9 Å². The summed E-state index contributed by atoms with van der Waals surface area (Å²) < 4.78 is 5.51. The normalized spacial score (nSPS) is 18.5. The van der Waals surface area contributed by atoms with Crippen LogP contribution < -0.4 is 5.32 Å². The van der Waals surface area contributed by atoms with Gasteiger partial charge >= 0.3 is 6.09 Å². The van der Waals surface area contributed by atoms with Crippen LogP contribution in [-0.2, 0) is 22.4 Å². The minimum absolute atomic E-state index is 0.291. The Labute approximate surface area is 171 Å². The van der Waals surface area contributed by atoms with Gasteiger partial charge in [0.2, 0.25) is 0 Å². The number of aromatic nitrogens is 1. The molecule has 1 heterocycles. The first-order valence-corrected chi connectivity index (χ1v) is 9.63. The molecule has 1 aliphatic carbocycles. The van der Waals surface area contributed by atoms with Crippen molar-refractivity contribution in [2.24, 2.45) is 0 Å². The van der Waals surface area contributed by atoms with Crippen molar-refractivity contribution >= 4 is 12.0 Å². The number of rotatable bonds is 4. The van der Waals surface area contributed by atoms with Crippen molar-refractivity contribution in [1.82, 2.24) is 15.4 Å². The lowest BCUT2D eigenvalue weighted by Gasteiger charge is -2.39. The van der Waals surface area contributed by atoms with Gasteiger partial charge in [-0.3, -0.25) is 14.6 Å². The molecule has 0 bridgehead atoms. The number of ether oxygens (including phenoxy) is 1. The van der Waals surface area contributed by atoms with E-state index in [-0.39, 0.29) is 11.9 Å². The van der Waals surface area contributed by atoms with Gasteiger partial charge in [0.15, 0.2) is 0 Å². The zero-order valence-electron chi connectivity index (χ0n) is 17.2. The highest BCUT2D eigenvalue weighted by Crippen LogP contribution is 2.26. The average Bonchev–Trinajstić information content (AvgIpc) is 2.68. The van der Waals surface area contributed by atoms with E-state index in [0.717, 1.165) is 11.1 Å². The van der Waals surface area contributed by atoms with Crippen LogP contribution in [0, 0.1) is 0 Å². The number of pyridine rings is 1. The Kier molecular flexibility index (Phi) is 6.17. The van der Waals surface area contributed by atoms with Gasteiger partial charge in [0.05, 0.1) is 19.2 Å². The van der Waals surface area contributed by atoms with E-state index in [1.165, 1.54) is 12.2 Å². The number of nitrogens with one attached hydrogen (secondary N) is 1. The van der Waals surface area contributed by atoms with E-state index in [1.807, 2.05) is 24.3 Å².